The molecule has 36 heavy (non-hydrogen) atoms. The largest absolute Gasteiger partial charge is 0.493 e. The first-order valence-electron chi connectivity index (χ1n) is 12.4. The number of benzene rings is 1. The van der Waals surface area contributed by atoms with E-state index < -0.39 is 5.66 Å². The second kappa shape index (κ2) is 9.70. The van der Waals surface area contributed by atoms with Crippen LogP contribution >= 0.6 is 0 Å². The number of H-pyrrole nitrogens is 1. The molecule has 3 aliphatic rings. The maximum atomic E-state index is 13.1. The van der Waals surface area contributed by atoms with Gasteiger partial charge >= 0.3 is 0 Å². The summed E-state index contributed by atoms with van der Waals surface area (Å²) < 4.78 is 11.6. The van der Waals surface area contributed by atoms with Crippen molar-refractivity contribution in [3.63, 3.8) is 0 Å². The Kier molecular flexibility index (Phi) is 6.45. The maximum absolute atomic E-state index is 13.1. The summed E-state index contributed by atoms with van der Waals surface area (Å²) in [6.07, 6.45) is 11.8. The molecule has 1 fully saturated rings. The van der Waals surface area contributed by atoms with Gasteiger partial charge in [0.05, 0.1) is 25.0 Å². The molecule has 2 aromatic rings. The molecule has 0 spiro atoms. The number of carbonyl (C=O) groups excluding carboxylic acids is 1. The highest BCUT2D eigenvalue weighted by Crippen LogP contribution is 2.39. The molecule has 1 amide bonds. The molecule has 0 saturated carbocycles. The second-order valence-electron chi connectivity index (χ2n) is 9.57. The Morgan fingerprint density at radius 3 is 3.06 bits per heavy atom. The molecule has 1 saturated heterocycles. The number of amides is 1. The highest BCUT2D eigenvalue weighted by atomic mass is 16.5. The minimum atomic E-state index is -0.831. The van der Waals surface area contributed by atoms with E-state index >= 15 is 0 Å². The first-order chi connectivity index (χ1) is 17.4. The summed E-state index contributed by atoms with van der Waals surface area (Å²) in [5, 5.41) is 3.51. The molecule has 2 unspecified atom stereocenters. The highest BCUT2D eigenvalue weighted by Gasteiger charge is 2.42. The van der Waals surface area contributed by atoms with E-state index in [-0.39, 0.29) is 11.9 Å². The summed E-state index contributed by atoms with van der Waals surface area (Å²) >= 11 is 0. The van der Waals surface area contributed by atoms with Crippen LogP contribution < -0.4 is 20.5 Å². The molecule has 0 radical (unpaired) electrons. The highest BCUT2D eigenvalue weighted by molar-refractivity contribution is 6.04. The van der Waals surface area contributed by atoms with Crippen LogP contribution in [0.5, 0.6) is 11.5 Å². The van der Waals surface area contributed by atoms with E-state index in [4.69, 9.17) is 15.2 Å². The van der Waals surface area contributed by atoms with Gasteiger partial charge in [-0.25, -0.2) is 0 Å². The first kappa shape index (κ1) is 23.9. The SMILES string of the molecule is C=Cc1cc2c([nH]1)C=CC(NC(=C)CCCOc1cc3c(cc1OC)C(=O)N1CCCC1(N)C=N3)C2. The zero-order valence-electron chi connectivity index (χ0n) is 20.7. The van der Waals surface area contributed by atoms with Crippen LogP contribution in [0.15, 0.2) is 48.1 Å². The van der Waals surface area contributed by atoms with Gasteiger partial charge in [-0.3, -0.25) is 9.79 Å². The molecule has 1 aromatic heterocycles. The number of nitrogens with one attached hydrogen (secondary N) is 2. The lowest BCUT2D eigenvalue weighted by Gasteiger charge is -2.30. The van der Waals surface area contributed by atoms with Crippen LogP contribution in [0, 0.1) is 0 Å². The van der Waals surface area contributed by atoms with Crippen molar-refractivity contribution in [3.05, 3.63) is 65.6 Å². The number of carbonyl (C=O) groups is 1. The van der Waals surface area contributed by atoms with Crippen molar-refractivity contribution in [2.75, 3.05) is 20.3 Å². The molecule has 8 nitrogen and oxygen atoms in total. The van der Waals surface area contributed by atoms with Gasteiger partial charge in [0.25, 0.3) is 5.91 Å². The van der Waals surface area contributed by atoms with Gasteiger partial charge in [0.15, 0.2) is 11.5 Å². The number of fused-ring (bicyclic) bond motifs is 3. The van der Waals surface area contributed by atoms with Crippen molar-refractivity contribution >= 4 is 30.0 Å². The molecule has 0 bridgehead atoms. The van der Waals surface area contributed by atoms with E-state index in [9.17, 15) is 4.79 Å². The van der Waals surface area contributed by atoms with Crippen LogP contribution in [0.3, 0.4) is 0 Å². The van der Waals surface area contributed by atoms with Crippen LogP contribution in [0.4, 0.5) is 5.69 Å². The van der Waals surface area contributed by atoms with Crippen molar-refractivity contribution < 1.29 is 14.3 Å². The smallest absolute Gasteiger partial charge is 0.257 e. The summed E-state index contributed by atoms with van der Waals surface area (Å²) in [5.74, 6) is 0.937. The number of nitrogens with two attached hydrogens (primary N) is 1. The third-order valence-electron chi connectivity index (χ3n) is 7.03. The fourth-order valence-corrected chi connectivity index (χ4v) is 5.10. The average molecular weight is 488 g/mol. The van der Waals surface area contributed by atoms with Gasteiger partial charge in [-0.2, -0.15) is 0 Å². The van der Waals surface area contributed by atoms with Crippen molar-refractivity contribution in [2.24, 2.45) is 10.7 Å². The molecule has 8 heteroatoms. The number of aliphatic imine (C=N–C) groups is 1. The number of aromatic nitrogens is 1. The van der Waals surface area contributed by atoms with E-state index in [2.05, 4.69) is 46.7 Å². The van der Waals surface area contributed by atoms with Gasteiger partial charge in [-0.05, 0) is 62.0 Å². The van der Waals surface area contributed by atoms with Crippen molar-refractivity contribution in [3.8, 4) is 11.5 Å². The lowest BCUT2D eigenvalue weighted by Crippen LogP contribution is -2.54. The van der Waals surface area contributed by atoms with Gasteiger partial charge in [0.2, 0.25) is 0 Å². The zero-order valence-corrected chi connectivity index (χ0v) is 20.7. The van der Waals surface area contributed by atoms with Gasteiger partial charge in [0, 0.05) is 42.0 Å². The summed E-state index contributed by atoms with van der Waals surface area (Å²) in [4.78, 5) is 22.7. The molecule has 1 aromatic carbocycles. The number of aromatic amines is 1. The summed E-state index contributed by atoms with van der Waals surface area (Å²) in [5.41, 5.74) is 11.1. The van der Waals surface area contributed by atoms with Crippen molar-refractivity contribution in [2.45, 2.75) is 43.8 Å². The molecule has 1 aliphatic carbocycles. The molecule has 3 heterocycles. The van der Waals surface area contributed by atoms with E-state index in [0.717, 1.165) is 42.8 Å². The summed E-state index contributed by atoms with van der Waals surface area (Å²) in [6, 6.07) is 5.82. The van der Waals surface area contributed by atoms with E-state index in [1.165, 1.54) is 5.56 Å². The van der Waals surface area contributed by atoms with Crippen molar-refractivity contribution in [1.82, 2.24) is 15.2 Å². The summed E-state index contributed by atoms with van der Waals surface area (Å²) in [6.45, 7) is 9.12. The lowest BCUT2D eigenvalue weighted by atomic mass is 9.99. The fraction of sp³-hybridized carbons (Fsp3) is 0.357. The number of nitrogens with zero attached hydrogens (tertiary/aromatic N) is 2. The van der Waals surface area contributed by atoms with Crippen LogP contribution in [0.1, 0.15) is 53.0 Å². The topological polar surface area (TPSA) is 105 Å². The minimum absolute atomic E-state index is 0.126. The third-order valence-corrected chi connectivity index (χ3v) is 7.03. The van der Waals surface area contributed by atoms with Crippen LogP contribution in [0.2, 0.25) is 0 Å². The number of methoxy groups -OCH3 is 1. The fourth-order valence-electron chi connectivity index (χ4n) is 5.10. The Bertz CT molecular complexity index is 1260. The standard InChI is InChI=1S/C28H33N5O3/c1-4-20-13-19-14-21(8-9-23(19)32-20)31-18(2)7-5-12-36-26-16-24-22(15-25(26)35-3)27(34)33-11-6-10-28(33,29)17-30-24/h4,8-9,13,15-17,21,31-32H,1-2,5-7,10-12,14,29H2,3H3. The van der Waals surface area contributed by atoms with Gasteiger partial charge in [-0.1, -0.05) is 19.2 Å². The van der Waals surface area contributed by atoms with E-state index in [1.54, 1.807) is 30.4 Å². The van der Waals surface area contributed by atoms with Gasteiger partial charge in [0.1, 0.15) is 5.66 Å². The maximum Gasteiger partial charge on any atom is 0.257 e. The first-order valence-corrected chi connectivity index (χ1v) is 12.4. The molecule has 188 valence electrons. The summed E-state index contributed by atoms with van der Waals surface area (Å²) in [7, 11) is 1.57. The minimum Gasteiger partial charge on any atom is -0.493 e. The number of allylic oxidation sites excluding steroid dienone is 1. The van der Waals surface area contributed by atoms with Crippen molar-refractivity contribution in [1.29, 1.82) is 0 Å². The van der Waals surface area contributed by atoms with Gasteiger partial charge in [-0.15, -0.1) is 0 Å². The lowest BCUT2D eigenvalue weighted by molar-refractivity contribution is 0.0701. The van der Waals surface area contributed by atoms with Crippen LogP contribution in [-0.2, 0) is 6.42 Å². The Balaban J connectivity index is 1.16. The quantitative estimate of drug-likeness (QED) is 0.461. The Morgan fingerprint density at radius 2 is 2.25 bits per heavy atom. The molecule has 4 N–H and O–H groups in total. The predicted octanol–water partition coefficient (Wildman–Crippen LogP) is 4.17. The number of hydrogen-bond acceptors (Lipinski definition) is 6. The Hall–Kier alpha value is -3.78. The zero-order chi connectivity index (χ0) is 25.3. The predicted molar refractivity (Wildman–Crippen MR) is 143 cm³/mol. The van der Waals surface area contributed by atoms with Gasteiger partial charge < -0.3 is 30.4 Å². The molecule has 2 atom stereocenters. The molecular formula is C28H33N5O3. The third kappa shape index (κ3) is 4.56. The number of ether oxygens (including phenoxy) is 2. The number of hydrogen-bond donors (Lipinski definition) is 3. The van der Waals surface area contributed by atoms with Crippen LogP contribution in [-0.4, -0.2) is 54.0 Å². The van der Waals surface area contributed by atoms with E-state index in [1.807, 2.05) is 6.08 Å². The average Bonchev–Trinajstić information content (AvgIpc) is 3.45. The second-order valence-corrected chi connectivity index (χ2v) is 9.57. The molecule has 5 rings (SSSR count). The monoisotopic (exact) mass is 487 g/mol. The van der Waals surface area contributed by atoms with Crippen LogP contribution in [0.25, 0.3) is 12.2 Å². The number of rotatable bonds is 9. The Morgan fingerprint density at radius 1 is 1.39 bits per heavy atom. The molecular weight excluding hydrogens is 454 g/mol. The molecule has 2 aliphatic heterocycles. The normalized spacial score (nSPS) is 21.9. The Labute approximate surface area is 211 Å². The van der Waals surface area contributed by atoms with E-state index in [0.29, 0.717) is 42.3 Å².